The topological polar surface area (TPSA) is 38.5 Å². The van der Waals surface area contributed by atoms with Gasteiger partial charge in [0.2, 0.25) is 0 Å². The summed E-state index contributed by atoms with van der Waals surface area (Å²) in [5, 5.41) is 0. The van der Waals surface area contributed by atoms with Crippen molar-refractivity contribution in [1.29, 1.82) is 0 Å². The average molecular weight is 206 g/mol. The molecule has 0 atom stereocenters. The van der Waals surface area contributed by atoms with E-state index in [-0.39, 0.29) is 0 Å². The Morgan fingerprint density at radius 3 is 2.80 bits per heavy atom. The molecule has 0 saturated carbocycles. The van der Waals surface area contributed by atoms with Crippen molar-refractivity contribution in [1.82, 2.24) is 4.90 Å². The van der Waals surface area contributed by atoms with Crippen LogP contribution in [0.5, 0.6) is 0 Å². The molecule has 0 amide bonds. The maximum absolute atomic E-state index is 5.74. The molecule has 3 heteroatoms. The quantitative estimate of drug-likeness (QED) is 0.704. The fourth-order valence-corrected chi connectivity index (χ4v) is 1.91. The molecule has 0 aromatic rings. The van der Waals surface area contributed by atoms with Gasteiger partial charge in [0.15, 0.2) is 0 Å². The molecule has 1 aliphatic heterocycles. The first-order valence-electron chi connectivity index (χ1n) is 5.50. The van der Waals surface area contributed by atoms with Crippen LogP contribution < -0.4 is 5.73 Å². The third-order valence-corrected chi connectivity index (χ3v) is 2.76. The number of nitrogens with two attached hydrogens (primary N) is 1. The molecule has 0 radical (unpaired) electrons. The molecule has 82 valence electrons. The summed E-state index contributed by atoms with van der Waals surface area (Å²) in [7, 11) is 0. The summed E-state index contributed by atoms with van der Waals surface area (Å²) in [6.45, 7) is 3.72. The third-order valence-electron chi connectivity index (χ3n) is 2.76. The van der Waals surface area contributed by atoms with E-state index in [9.17, 15) is 0 Å². The Morgan fingerprint density at radius 1 is 1.20 bits per heavy atom. The molecule has 2 rings (SSSR count). The summed E-state index contributed by atoms with van der Waals surface area (Å²) in [6, 6.07) is 0. The second-order valence-electron chi connectivity index (χ2n) is 3.84. The molecule has 1 saturated heterocycles. The van der Waals surface area contributed by atoms with Crippen molar-refractivity contribution in [3.63, 3.8) is 0 Å². The highest BCUT2D eigenvalue weighted by Gasteiger charge is 2.12. The second kappa shape index (κ2) is 5.03. The van der Waals surface area contributed by atoms with Gasteiger partial charge in [-0.1, -0.05) is 18.2 Å². The van der Waals surface area contributed by atoms with Crippen molar-refractivity contribution in [2.24, 2.45) is 5.73 Å². The van der Waals surface area contributed by atoms with Crippen LogP contribution in [-0.4, -0.2) is 31.2 Å². The minimum absolute atomic E-state index is 0.846. The van der Waals surface area contributed by atoms with Gasteiger partial charge in [0.25, 0.3) is 0 Å². The molecule has 2 N–H and O–H groups in total. The van der Waals surface area contributed by atoms with Gasteiger partial charge in [-0.3, -0.25) is 0 Å². The van der Waals surface area contributed by atoms with Gasteiger partial charge < -0.3 is 15.4 Å². The van der Waals surface area contributed by atoms with E-state index in [0.717, 1.165) is 44.8 Å². The molecular weight excluding hydrogens is 188 g/mol. The van der Waals surface area contributed by atoms with Gasteiger partial charge >= 0.3 is 0 Å². The van der Waals surface area contributed by atoms with E-state index in [1.165, 1.54) is 5.70 Å². The molecule has 0 bridgehead atoms. The van der Waals surface area contributed by atoms with Gasteiger partial charge in [-0.05, 0) is 12.5 Å². The van der Waals surface area contributed by atoms with Crippen LogP contribution in [0.3, 0.4) is 0 Å². The van der Waals surface area contributed by atoms with Crippen molar-refractivity contribution in [3.8, 4) is 0 Å². The van der Waals surface area contributed by atoms with Crippen LogP contribution in [0.25, 0.3) is 0 Å². The molecule has 0 spiro atoms. The largest absolute Gasteiger partial charge is 0.399 e. The summed E-state index contributed by atoms with van der Waals surface area (Å²) in [5.74, 6) is 0. The van der Waals surface area contributed by atoms with Crippen molar-refractivity contribution in [3.05, 3.63) is 35.7 Å². The number of rotatable bonds is 1. The molecule has 1 heterocycles. The van der Waals surface area contributed by atoms with Crippen LogP contribution in [0.4, 0.5) is 0 Å². The predicted octanol–water partition coefficient (Wildman–Crippen LogP) is 1.40. The third kappa shape index (κ3) is 2.86. The zero-order chi connectivity index (χ0) is 10.5. The van der Waals surface area contributed by atoms with Gasteiger partial charge in [0, 0.05) is 30.9 Å². The number of hydrogen-bond acceptors (Lipinski definition) is 3. The zero-order valence-corrected chi connectivity index (χ0v) is 8.98. The Morgan fingerprint density at radius 2 is 2.00 bits per heavy atom. The lowest BCUT2D eigenvalue weighted by Crippen LogP contribution is -2.35. The van der Waals surface area contributed by atoms with Crippen LogP contribution in [-0.2, 0) is 4.74 Å². The van der Waals surface area contributed by atoms with E-state index in [4.69, 9.17) is 10.5 Å². The molecule has 0 aromatic carbocycles. The normalized spacial score (nSPS) is 26.3. The smallest absolute Gasteiger partial charge is 0.0642 e. The van der Waals surface area contributed by atoms with Gasteiger partial charge in [-0.2, -0.15) is 0 Å². The van der Waals surface area contributed by atoms with E-state index >= 15 is 0 Å². The van der Waals surface area contributed by atoms with Gasteiger partial charge in [-0.15, -0.1) is 0 Å². The molecule has 2 aliphatic rings. The highest BCUT2D eigenvalue weighted by atomic mass is 16.5. The standard InChI is InChI=1S/C12H18N2O/c13-11-3-1-5-12(6-2-4-11)14-7-9-15-10-8-14/h1,3-4,6H,2,5,7-10,13H2/b3-1?,11-4?,12-6+. The number of hydrogen-bond donors (Lipinski definition) is 1. The summed E-state index contributed by atoms with van der Waals surface area (Å²) < 4.78 is 5.34. The maximum Gasteiger partial charge on any atom is 0.0642 e. The first-order chi connectivity index (χ1) is 7.36. The number of nitrogens with zero attached hydrogens (tertiary/aromatic N) is 1. The van der Waals surface area contributed by atoms with E-state index in [1.54, 1.807) is 0 Å². The fourth-order valence-electron chi connectivity index (χ4n) is 1.91. The van der Waals surface area contributed by atoms with Crippen molar-refractivity contribution < 1.29 is 4.74 Å². The first kappa shape index (κ1) is 10.3. The summed E-state index contributed by atoms with van der Waals surface area (Å²) >= 11 is 0. The monoisotopic (exact) mass is 206 g/mol. The molecule has 0 aromatic heterocycles. The number of allylic oxidation sites excluding steroid dienone is 4. The maximum atomic E-state index is 5.74. The van der Waals surface area contributed by atoms with Crippen LogP contribution in [0.2, 0.25) is 0 Å². The van der Waals surface area contributed by atoms with Gasteiger partial charge in [0.1, 0.15) is 0 Å². The lowest BCUT2D eigenvalue weighted by atomic mass is 10.1. The number of morpholine rings is 1. The van der Waals surface area contributed by atoms with Crippen molar-refractivity contribution >= 4 is 0 Å². The minimum Gasteiger partial charge on any atom is -0.399 e. The fraction of sp³-hybridized carbons (Fsp3) is 0.500. The SMILES string of the molecule is NC1=CC/C=C(/N2CCOCC2)CC=C1. The first-order valence-corrected chi connectivity index (χ1v) is 5.50. The molecule has 1 aliphatic carbocycles. The van der Waals surface area contributed by atoms with E-state index < -0.39 is 0 Å². The van der Waals surface area contributed by atoms with Crippen LogP contribution in [0.1, 0.15) is 12.8 Å². The zero-order valence-electron chi connectivity index (χ0n) is 8.98. The Hall–Kier alpha value is -1.22. The highest BCUT2D eigenvalue weighted by molar-refractivity contribution is 5.22. The van der Waals surface area contributed by atoms with Crippen LogP contribution in [0, 0.1) is 0 Å². The Kier molecular flexibility index (Phi) is 3.45. The lowest BCUT2D eigenvalue weighted by molar-refractivity contribution is 0.0526. The Bertz CT molecular complexity index is 299. The van der Waals surface area contributed by atoms with Crippen molar-refractivity contribution in [2.45, 2.75) is 12.8 Å². The van der Waals surface area contributed by atoms with Gasteiger partial charge in [0.05, 0.1) is 13.2 Å². The average Bonchev–Trinajstić information content (AvgIpc) is 2.24. The lowest BCUT2D eigenvalue weighted by Gasteiger charge is -2.31. The Balaban J connectivity index is 2.02. The highest BCUT2D eigenvalue weighted by Crippen LogP contribution is 2.15. The van der Waals surface area contributed by atoms with Crippen LogP contribution in [0.15, 0.2) is 35.7 Å². The van der Waals surface area contributed by atoms with E-state index in [2.05, 4.69) is 23.1 Å². The second-order valence-corrected chi connectivity index (χ2v) is 3.84. The summed E-state index contributed by atoms with van der Waals surface area (Å²) in [5.41, 5.74) is 8.01. The van der Waals surface area contributed by atoms with Crippen molar-refractivity contribution in [2.75, 3.05) is 26.3 Å². The molecular formula is C12H18N2O. The molecule has 15 heavy (non-hydrogen) atoms. The molecule has 1 fully saturated rings. The predicted molar refractivity (Wildman–Crippen MR) is 61.1 cm³/mol. The van der Waals surface area contributed by atoms with E-state index in [0.29, 0.717) is 0 Å². The summed E-state index contributed by atoms with van der Waals surface area (Å²) in [4.78, 5) is 2.41. The molecule has 3 nitrogen and oxygen atoms in total. The van der Waals surface area contributed by atoms with E-state index in [1.807, 2.05) is 6.08 Å². The molecule has 0 unspecified atom stereocenters. The summed E-state index contributed by atoms with van der Waals surface area (Å²) in [6.07, 6.45) is 10.4. The Labute approximate surface area is 90.9 Å². The number of ether oxygens (including phenoxy) is 1. The van der Waals surface area contributed by atoms with Crippen LogP contribution >= 0.6 is 0 Å². The van der Waals surface area contributed by atoms with Gasteiger partial charge in [-0.25, -0.2) is 0 Å². The minimum atomic E-state index is 0.846.